The Morgan fingerprint density at radius 1 is 1.05 bits per heavy atom. The van der Waals surface area contributed by atoms with Gasteiger partial charge in [0.25, 0.3) is 5.91 Å². The van der Waals surface area contributed by atoms with Crippen LogP contribution in [0.3, 0.4) is 0 Å². The van der Waals surface area contributed by atoms with Crippen LogP contribution in [0, 0.1) is 0 Å². The molecule has 6 aromatic rings. The van der Waals surface area contributed by atoms with Crippen LogP contribution in [0.5, 0.6) is 5.75 Å². The highest BCUT2D eigenvalue weighted by molar-refractivity contribution is 6.11. The van der Waals surface area contributed by atoms with Gasteiger partial charge in [0.15, 0.2) is 5.65 Å². The van der Waals surface area contributed by atoms with Gasteiger partial charge in [0.2, 0.25) is 0 Å². The molecule has 0 atom stereocenters. The number of para-hydroxylation sites is 3. The molecule has 0 saturated heterocycles. The quantitative estimate of drug-likeness (QED) is 0.298. The monoisotopic (exact) mass is 489 g/mol. The molecule has 182 valence electrons. The van der Waals surface area contributed by atoms with Gasteiger partial charge in [-0.1, -0.05) is 42.5 Å². The summed E-state index contributed by atoms with van der Waals surface area (Å²) >= 11 is 0. The maximum Gasteiger partial charge on any atom is 0.257 e. The number of rotatable bonds is 6. The fraction of sp³-hybridized carbons (Fsp3) is 0.0714. The van der Waals surface area contributed by atoms with E-state index in [-0.39, 0.29) is 17.3 Å². The first-order chi connectivity index (χ1) is 18.1. The van der Waals surface area contributed by atoms with Crippen LogP contribution >= 0.6 is 0 Å². The number of hydrogen-bond donors (Lipinski definition) is 3. The van der Waals surface area contributed by atoms with Crippen LogP contribution in [0.15, 0.2) is 84.1 Å². The largest absolute Gasteiger partial charge is 0.497 e. The molecule has 0 fully saturated rings. The highest BCUT2D eigenvalue weighted by Gasteiger charge is 2.24. The number of nitrogen functional groups attached to an aromatic ring is 1. The Balaban J connectivity index is 1.42. The Morgan fingerprint density at radius 3 is 2.57 bits per heavy atom. The molecule has 0 aliphatic carbocycles. The Morgan fingerprint density at radius 2 is 1.78 bits per heavy atom. The zero-order valence-electron chi connectivity index (χ0n) is 20.0. The molecule has 0 unspecified atom stereocenters. The lowest BCUT2D eigenvalue weighted by Crippen LogP contribution is -2.23. The summed E-state index contributed by atoms with van der Waals surface area (Å²) in [5.41, 5.74) is 11.7. The van der Waals surface area contributed by atoms with Gasteiger partial charge in [0.05, 0.1) is 24.4 Å². The van der Waals surface area contributed by atoms with Crippen molar-refractivity contribution in [2.24, 2.45) is 5.10 Å². The molecular formula is C28H23N7O2. The average molecular weight is 490 g/mol. The first kappa shape index (κ1) is 22.3. The predicted octanol–water partition coefficient (Wildman–Crippen LogP) is 4.47. The summed E-state index contributed by atoms with van der Waals surface area (Å²) in [7, 11) is 1.61. The summed E-state index contributed by atoms with van der Waals surface area (Å²) in [6.45, 7) is 0.314. The standard InChI is InChI=1S/C28H23N7O2/c1-37-19-12-10-17(11-13-19)14-31-28(36)24-25-27(34-23-9-5-4-8-22(23)33-25)35(26(24)29)32-16-18-15-30-21-7-3-2-6-20(18)21/h2-13,15-16,30H,14,29H2,1H3,(H,31,36)/b32-16-. The minimum absolute atomic E-state index is 0.161. The molecule has 9 nitrogen and oxygen atoms in total. The number of aromatic nitrogens is 4. The van der Waals surface area contributed by atoms with Gasteiger partial charge < -0.3 is 20.8 Å². The van der Waals surface area contributed by atoms with Crippen molar-refractivity contribution in [1.82, 2.24) is 24.9 Å². The number of hydrogen-bond acceptors (Lipinski definition) is 6. The minimum Gasteiger partial charge on any atom is -0.497 e. The molecule has 4 N–H and O–H groups in total. The second kappa shape index (κ2) is 9.12. The van der Waals surface area contributed by atoms with Gasteiger partial charge in [-0.15, -0.1) is 0 Å². The van der Waals surface area contributed by atoms with Crippen molar-refractivity contribution in [1.29, 1.82) is 0 Å². The number of fused-ring (bicyclic) bond motifs is 3. The van der Waals surface area contributed by atoms with Crippen molar-refractivity contribution >= 4 is 51.0 Å². The number of H-pyrrole nitrogens is 1. The van der Waals surface area contributed by atoms with Gasteiger partial charge in [0.1, 0.15) is 22.6 Å². The molecule has 0 bridgehead atoms. The van der Waals surface area contributed by atoms with Crippen LogP contribution in [0.1, 0.15) is 21.5 Å². The van der Waals surface area contributed by atoms with E-state index in [0.29, 0.717) is 28.7 Å². The van der Waals surface area contributed by atoms with Crippen LogP contribution in [0.25, 0.3) is 33.1 Å². The lowest BCUT2D eigenvalue weighted by atomic mass is 10.2. The highest BCUT2D eigenvalue weighted by atomic mass is 16.5. The number of aromatic amines is 1. The Labute approximate surface area is 211 Å². The van der Waals surface area contributed by atoms with Gasteiger partial charge in [-0.05, 0) is 35.9 Å². The van der Waals surface area contributed by atoms with Crippen LogP contribution in [0.2, 0.25) is 0 Å². The second-order valence-corrected chi connectivity index (χ2v) is 8.52. The third kappa shape index (κ3) is 4.02. The normalized spacial score (nSPS) is 11.6. The van der Waals surface area contributed by atoms with Gasteiger partial charge in [-0.25, -0.2) is 9.97 Å². The molecule has 37 heavy (non-hydrogen) atoms. The Hall–Kier alpha value is -5.18. The molecule has 0 radical (unpaired) electrons. The summed E-state index contributed by atoms with van der Waals surface area (Å²) < 4.78 is 6.67. The van der Waals surface area contributed by atoms with Crippen molar-refractivity contribution in [3.05, 3.63) is 95.7 Å². The van der Waals surface area contributed by atoms with Crippen LogP contribution in [-0.2, 0) is 6.54 Å². The highest BCUT2D eigenvalue weighted by Crippen LogP contribution is 2.28. The molecule has 3 heterocycles. The molecule has 0 spiro atoms. The first-order valence-electron chi connectivity index (χ1n) is 11.7. The lowest BCUT2D eigenvalue weighted by molar-refractivity contribution is 0.0953. The number of nitrogens with zero attached hydrogens (tertiary/aromatic N) is 4. The summed E-state index contributed by atoms with van der Waals surface area (Å²) in [5, 5.41) is 8.59. The number of nitrogens with two attached hydrogens (primary N) is 1. The van der Waals surface area contributed by atoms with Crippen LogP contribution < -0.4 is 15.8 Å². The third-order valence-corrected chi connectivity index (χ3v) is 6.25. The van der Waals surface area contributed by atoms with E-state index >= 15 is 0 Å². The molecule has 0 saturated carbocycles. The fourth-order valence-electron chi connectivity index (χ4n) is 4.32. The summed E-state index contributed by atoms with van der Waals surface area (Å²) in [6, 6.07) is 22.9. The summed E-state index contributed by atoms with van der Waals surface area (Å²) in [6.07, 6.45) is 3.57. The van der Waals surface area contributed by atoms with E-state index in [1.807, 2.05) is 79.0 Å². The smallest absolute Gasteiger partial charge is 0.257 e. The Kier molecular flexibility index (Phi) is 5.49. The number of benzene rings is 3. The van der Waals surface area contributed by atoms with E-state index in [4.69, 9.17) is 20.4 Å². The zero-order valence-corrected chi connectivity index (χ0v) is 20.0. The van der Waals surface area contributed by atoms with Crippen LogP contribution in [0.4, 0.5) is 5.82 Å². The van der Waals surface area contributed by atoms with E-state index in [2.05, 4.69) is 15.4 Å². The van der Waals surface area contributed by atoms with Gasteiger partial charge in [-0.2, -0.15) is 9.78 Å². The predicted molar refractivity (Wildman–Crippen MR) is 145 cm³/mol. The molecule has 6 rings (SSSR count). The minimum atomic E-state index is -0.357. The number of methoxy groups -OCH3 is 1. The van der Waals surface area contributed by atoms with Crippen molar-refractivity contribution in [3.8, 4) is 5.75 Å². The molecule has 0 aliphatic rings. The SMILES string of the molecule is COc1ccc(CNC(=O)c2c(N)n(/N=C\c3c[nH]c4ccccc34)c3nc4ccccc4nc23)cc1. The van der Waals surface area contributed by atoms with E-state index in [1.165, 1.54) is 4.68 Å². The number of amides is 1. The molecule has 9 heteroatoms. The van der Waals surface area contributed by atoms with Crippen molar-refractivity contribution in [3.63, 3.8) is 0 Å². The molecule has 0 aliphatic heterocycles. The molecular weight excluding hydrogens is 466 g/mol. The maximum absolute atomic E-state index is 13.4. The van der Waals surface area contributed by atoms with Gasteiger partial charge in [0, 0.05) is 29.2 Å². The topological polar surface area (TPSA) is 123 Å². The lowest BCUT2D eigenvalue weighted by Gasteiger charge is -2.06. The molecule has 1 amide bonds. The third-order valence-electron chi connectivity index (χ3n) is 6.25. The van der Waals surface area contributed by atoms with E-state index in [1.54, 1.807) is 13.3 Å². The van der Waals surface area contributed by atoms with Crippen molar-refractivity contribution in [2.75, 3.05) is 12.8 Å². The average Bonchev–Trinajstić information content (AvgIpc) is 3.47. The number of ether oxygens (including phenoxy) is 1. The summed E-state index contributed by atoms with van der Waals surface area (Å²) in [5.74, 6) is 0.551. The second-order valence-electron chi connectivity index (χ2n) is 8.52. The number of anilines is 1. The number of nitrogens with one attached hydrogen (secondary N) is 2. The van der Waals surface area contributed by atoms with Gasteiger partial charge >= 0.3 is 0 Å². The Bertz CT molecular complexity index is 1800. The summed E-state index contributed by atoms with van der Waals surface area (Å²) in [4.78, 5) is 26.1. The van der Waals surface area contributed by atoms with Crippen LogP contribution in [-0.4, -0.2) is 38.9 Å². The molecule has 3 aromatic heterocycles. The first-order valence-corrected chi connectivity index (χ1v) is 11.7. The van der Waals surface area contributed by atoms with E-state index in [9.17, 15) is 4.79 Å². The van der Waals surface area contributed by atoms with Crippen molar-refractivity contribution in [2.45, 2.75) is 6.54 Å². The van der Waals surface area contributed by atoms with E-state index < -0.39 is 0 Å². The fourth-order valence-corrected chi connectivity index (χ4v) is 4.32. The zero-order chi connectivity index (χ0) is 25.4. The number of carbonyl (C=O) groups is 1. The number of carbonyl (C=O) groups excluding carboxylic acids is 1. The van der Waals surface area contributed by atoms with E-state index in [0.717, 1.165) is 27.8 Å². The van der Waals surface area contributed by atoms with Gasteiger partial charge in [-0.3, -0.25) is 4.79 Å². The maximum atomic E-state index is 13.4. The molecule has 3 aromatic carbocycles. The van der Waals surface area contributed by atoms with Crippen molar-refractivity contribution < 1.29 is 9.53 Å².